The summed E-state index contributed by atoms with van der Waals surface area (Å²) < 4.78 is 11.1. The average Bonchev–Trinajstić information content (AvgIpc) is 2.48. The van der Waals surface area contributed by atoms with E-state index in [2.05, 4.69) is 18.7 Å². The van der Waals surface area contributed by atoms with Gasteiger partial charge in [0.1, 0.15) is 12.4 Å². The highest BCUT2D eigenvalue weighted by atomic mass is 16.5. The monoisotopic (exact) mass is 277 g/mol. The Morgan fingerprint density at radius 3 is 2.75 bits per heavy atom. The number of hydrogen-bond donors (Lipinski definition) is 0. The van der Waals surface area contributed by atoms with Gasteiger partial charge in [-0.3, -0.25) is 9.69 Å². The lowest BCUT2D eigenvalue weighted by Gasteiger charge is -2.26. The Labute approximate surface area is 120 Å². The summed E-state index contributed by atoms with van der Waals surface area (Å²) >= 11 is 0. The van der Waals surface area contributed by atoms with Crippen molar-refractivity contribution in [3.05, 3.63) is 29.3 Å². The van der Waals surface area contributed by atoms with Crippen LogP contribution in [-0.2, 0) is 4.74 Å². The van der Waals surface area contributed by atoms with Gasteiger partial charge >= 0.3 is 0 Å². The van der Waals surface area contributed by atoms with Crippen molar-refractivity contribution in [1.29, 1.82) is 0 Å². The predicted octanol–water partition coefficient (Wildman–Crippen LogP) is 2.33. The fourth-order valence-electron chi connectivity index (χ4n) is 2.26. The van der Waals surface area contributed by atoms with Crippen LogP contribution in [0.2, 0.25) is 0 Å². The van der Waals surface area contributed by atoms with Crippen molar-refractivity contribution in [3.8, 4) is 5.75 Å². The SMILES string of the molecule is CC(C)c1ccc(OCCN2CCOCC2)c(C=O)c1. The molecule has 1 aliphatic rings. The number of nitrogens with zero attached hydrogens (tertiary/aromatic N) is 1. The van der Waals surface area contributed by atoms with Gasteiger partial charge in [-0.25, -0.2) is 0 Å². The van der Waals surface area contributed by atoms with Crippen molar-refractivity contribution in [1.82, 2.24) is 4.90 Å². The second-order valence-electron chi connectivity index (χ2n) is 5.37. The minimum atomic E-state index is 0.413. The molecular weight excluding hydrogens is 254 g/mol. The summed E-state index contributed by atoms with van der Waals surface area (Å²) in [5.74, 6) is 1.09. The van der Waals surface area contributed by atoms with Gasteiger partial charge in [0.15, 0.2) is 6.29 Å². The topological polar surface area (TPSA) is 38.8 Å². The maximum Gasteiger partial charge on any atom is 0.153 e. The molecule has 0 N–H and O–H groups in total. The van der Waals surface area contributed by atoms with Gasteiger partial charge in [-0.2, -0.15) is 0 Å². The summed E-state index contributed by atoms with van der Waals surface area (Å²) in [6.07, 6.45) is 0.871. The van der Waals surface area contributed by atoms with E-state index in [1.54, 1.807) is 0 Å². The first-order valence-corrected chi connectivity index (χ1v) is 7.22. The van der Waals surface area contributed by atoms with Gasteiger partial charge in [0.05, 0.1) is 18.8 Å². The molecule has 0 saturated carbocycles. The largest absolute Gasteiger partial charge is 0.492 e. The lowest BCUT2D eigenvalue weighted by Crippen LogP contribution is -2.38. The van der Waals surface area contributed by atoms with E-state index in [0.29, 0.717) is 23.8 Å². The van der Waals surface area contributed by atoms with E-state index in [1.807, 2.05) is 18.2 Å². The molecule has 4 nitrogen and oxygen atoms in total. The van der Waals surface area contributed by atoms with Crippen LogP contribution in [0.15, 0.2) is 18.2 Å². The Hall–Kier alpha value is -1.39. The highest BCUT2D eigenvalue weighted by Crippen LogP contribution is 2.23. The maximum atomic E-state index is 11.2. The second-order valence-corrected chi connectivity index (χ2v) is 5.37. The average molecular weight is 277 g/mol. The first kappa shape index (κ1) is 15.0. The van der Waals surface area contributed by atoms with Crippen LogP contribution in [0.25, 0.3) is 0 Å². The van der Waals surface area contributed by atoms with Crippen molar-refractivity contribution in [2.45, 2.75) is 19.8 Å². The maximum absolute atomic E-state index is 11.2. The van der Waals surface area contributed by atoms with E-state index >= 15 is 0 Å². The van der Waals surface area contributed by atoms with Crippen LogP contribution < -0.4 is 4.74 Å². The zero-order valence-electron chi connectivity index (χ0n) is 12.3. The van der Waals surface area contributed by atoms with Crippen molar-refractivity contribution in [2.24, 2.45) is 0 Å². The molecule has 0 spiro atoms. The number of benzene rings is 1. The number of aldehydes is 1. The van der Waals surface area contributed by atoms with Crippen LogP contribution in [0.3, 0.4) is 0 Å². The molecular formula is C16H23NO3. The number of carbonyl (C=O) groups is 1. The molecule has 4 heteroatoms. The van der Waals surface area contributed by atoms with Gasteiger partial charge in [0.25, 0.3) is 0 Å². The molecule has 1 saturated heterocycles. The Kier molecular flexibility index (Phi) is 5.56. The van der Waals surface area contributed by atoms with Crippen LogP contribution >= 0.6 is 0 Å². The van der Waals surface area contributed by atoms with E-state index in [1.165, 1.54) is 0 Å². The van der Waals surface area contributed by atoms with E-state index < -0.39 is 0 Å². The van der Waals surface area contributed by atoms with Gasteiger partial charge in [-0.05, 0) is 23.6 Å². The third kappa shape index (κ3) is 4.05. The fraction of sp³-hybridized carbons (Fsp3) is 0.562. The molecule has 0 unspecified atom stereocenters. The standard InChI is InChI=1S/C16H23NO3/c1-13(2)14-3-4-16(15(11-14)12-18)20-10-7-17-5-8-19-9-6-17/h3-4,11-13H,5-10H2,1-2H3. The molecule has 1 aliphatic heterocycles. The minimum Gasteiger partial charge on any atom is -0.492 e. The van der Waals surface area contributed by atoms with E-state index in [4.69, 9.17) is 9.47 Å². The van der Waals surface area contributed by atoms with Gasteiger partial charge < -0.3 is 9.47 Å². The fourth-order valence-corrected chi connectivity index (χ4v) is 2.26. The van der Waals surface area contributed by atoms with Gasteiger partial charge in [0, 0.05) is 19.6 Å². The molecule has 1 aromatic carbocycles. The predicted molar refractivity (Wildman–Crippen MR) is 78.7 cm³/mol. The van der Waals surface area contributed by atoms with Crippen LogP contribution in [0.5, 0.6) is 5.75 Å². The number of rotatable bonds is 6. The van der Waals surface area contributed by atoms with Crippen molar-refractivity contribution in [3.63, 3.8) is 0 Å². The molecule has 1 aromatic rings. The first-order valence-electron chi connectivity index (χ1n) is 7.22. The van der Waals surface area contributed by atoms with Gasteiger partial charge in [-0.1, -0.05) is 19.9 Å². The Balaban J connectivity index is 1.89. The highest BCUT2D eigenvalue weighted by molar-refractivity contribution is 5.79. The first-order chi connectivity index (χ1) is 9.70. The zero-order chi connectivity index (χ0) is 14.4. The van der Waals surface area contributed by atoms with Crippen LogP contribution in [0.4, 0.5) is 0 Å². The number of morpholine rings is 1. The van der Waals surface area contributed by atoms with Gasteiger partial charge in [0.2, 0.25) is 0 Å². The smallest absolute Gasteiger partial charge is 0.153 e. The lowest BCUT2D eigenvalue weighted by molar-refractivity contribution is 0.0322. The summed E-state index contributed by atoms with van der Waals surface area (Å²) in [7, 11) is 0. The summed E-state index contributed by atoms with van der Waals surface area (Å²) in [6.45, 7) is 9.19. The van der Waals surface area contributed by atoms with Crippen molar-refractivity contribution in [2.75, 3.05) is 39.5 Å². The van der Waals surface area contributed by atoms with Crippen LogP contribution in [0.1, 0.15) is 35.7 Å². The molecule has 1 heterocycles. The quantitative estimate of drug-likeness (QED) is 0.748. The Morgan fingerprint density at radius 1 is 1.35 bits per heavy atom. The molecule has 20 heavy (non-hydrogen) atoms. The molecule has 1 fully saturated rings. The van der Waals surface area contributed by atoms with Crippen molar-refractivity contribution >= 4 is 6.29 Å². The zero-order valence-corrected chi connectivity index (χ0v) is 12.3. The Bertz CT molecular complexity index is 439. The molecule has 110 valence electrons. The minimum absolute atomic E-state index is 0.413. The second kappa shape index (κ2) is 7.41. The van der Waals surface area contributed by atoms with Crippen LogP contribution in [0, 0.1) is 0 Å². The van der Waals surface area contributed by atoms with Crippen molar-refractivity contribution < 1.29 is 14.3 Å². The molecule has 0 amide bonds. The van der Waals surface area contributed by atoms with E-state index in [9.17, 15) is 4.79 Å². The number of hydrogen-bond acceptors (Lipinski definition) is 4. The molecule has 0 radical (unpaired) electrons. The molecule has 0 atom stereocenters. The Morgan fingerprint density at radius 2 is 2.10 bits per heavy atom. The molecule has 0 bridgehead atoms. The van der Waals surface area contributed by atoms with E-state index in [0.717, 1.165) is 44.7 Å². The third-order valence-corrected chi connectivity index (χ3v) is 3.60. The number of ether oxygens (including phenoxy) is 2. The normalized spacial score (nSPS) is 16.4. The summed E-state index contributed by atoms with van der Waals surface area (Å²) in [6, 6.07) is 5.85. The summed E-state index contributed by atoms with van der Waals surface area (Å²) in [4.78, 5) is 13.5. The highest BCUT2D eigenvalue weighted by Gasteiger charge is 2.11. The summed E-state index contributed by atoms with van der Waals surface area (Å²) in [5, 5.41) is 0. The third-order valence-electron chi connectivity index (χ3n) is 3.60. The molecule has 2 rings (SSSR count). The molecule has 0 aliphatic carbocycles. The van der Waals surface area contributed by atoms with Gasteiger partial charge in [-0.15, -0.1) is 0 Å². The lowest BCUT2D eigenvalue weighted by atomic mass is 10.0. The molecule has 0 aromatic heterocycles. The summed E-state index contributed by atoms with van der Waals surface area (Å²) in [5.41, 5.74) is 1.80. The van der Waals surface area contributed by atoms with Crippen LogP contribution in [-0.4, -0.2) is 50.6 Å². The van der Waals surface area contributed by atoms with E-state index in [-0.39, 0.29) is 0 Å². The number of carbonyl (C=O) groups excluding carboxylic acids is 1.